The first kappa shape index (κ1) is 12.9. The Labute approximate surface area is 124 Å². The highest BCUT2D eigenvalue weighted by atomic mass is 16.5. The van der Waals surface area contributed by atoms with E-state index in [4.69, 9.17) is 4.74 Å². The van der Waals surface area contributed by atoms with E-state index in [1.807, 2.05) is 24.3 Å². The molecule has 3 heterocycles. The number of likely N-dealkylation sites (N-methyl/N-ethyl adjacent to an activating group) is 1. The predicted octanol–water partition coefficient (Wildman–Crippen LogP) is 2.95. The highest BCUT2D eigenvalue weighted by molar-refractivity contribution is 6.04. The van der Waals surface area contributed by atoms with Gasteiger partial charge in [0.05, 0.1) is 5.56 Å². The van der Waals surface area contributed by atoms with Gasteiger partial charge in [0.1, 0.15) is 6.10 Å². The fourth-order valence-corrected chi connectivity index (χ4v) is 3.97. The maximum Gasteiger partial charge on any atom is 0.340 e. The van der Waals surface area contributed by atoms with Gasteiger partial charge in [0.15, 0.2) is 0 Å². The number of aromatic amines is 1. The van der Waals surface area contributed by atoms with Crippen molar-refractivity contribution in [1.29, 1.82) is 0 Å². The molecule has 4 nitrogen and oxygen atoms in total. The summed E-state index contributed by atoms with van der Waals surface area (Å²) in [5, 5.41) is 0.942. The molecular formula is C17H20N2O2. The quantitative estimate of drug-likeness (QED) is 0.862. The molecule has 2 fully saturated rings. The van der Waals surface area contributed by atoms with Crippen LogP contribution in [0.2, 0.25) is 0 Å². The van der Waals surface area contributed by atoms with Gasteiger partial charge in [-0.3, -0.25) is 4.90 Å². The van der Waals surface area contributed by atoms with Crippen molar-refractivity contribution in [3.05, 3.63) is 36.0 Å². The van der Waals surface area contributed by atoms with Crippen molar-refractivity contribution in [3.63, 3.8) is 0 Å². The lowest BCUT2D eigenvalue weighted by molar-refractivity contribution is 0.0199. The van der Waals surface area contributed by atoms with Gasteiger partial charge in [-0.1, -0.05) is 24.6 Å². The van der Waals surface area contributed by atoms with Crippen molar-refractivity contribution in [1.82, 2.24) is 9.88 Å². The maximum absolute atomic E-state index is 12.5. The largest absolute Gasteiger partial charge is 0.457 e. The highest BCUT2D eigenvalue weighted by Gasteiger charge is 2.43. The van der Waals surface area contributed by atoms with Crippen LogP contribution < -0.4 is 0 Å². The Morgan fingerprint density at radius 2 is 2.19 bits per heavy atom. The lowest BCUT2D eigenvalue weighted by atomic mass is 10.0. The second-order valence-corrected chi connectivity index (χ2v) is 6.24. The van der Waals surface area contributed by atoms with E-state index >= 15 is 0 Å². The molecule has 3 atom stereocenters. The van der Waals surface area contributed by atoms with Crippen molar-refractivity contribution in [3.8, 4) is 0 Å². The number of H-pyrrole nitrogens is 1. The molecular weight excluding hydrogens is 264 g/mol. The standard InChI is InChI=1S/C17H20N2O2/c1-19-11-5-4-8-15(19)16(9-11)21-17(20)13-10-18-14-7-3-2-6-12(13)14/h2-3,6-7,10-11,15-16,18H,4-5,8-9H2,1H3/t11-,15+,16+/m0/s1. The molecule has 1 aromatic carbocycles. The number of esters is 1. The Bertz CT molecular complexity index is 678. The average molecular weight is 284 g/mol. The van der Waals surface area contributed by atoms with Crippen LogP contribution in [0.15, 0.2) is 30.5 Å². The Kier molecular flexibility index (Phi) is 3.00. The smallest absolute Gasteiger partial charge is 0.340 e. The van der Waals surface area contributed by atoms with E-state index < -0.39 is 0 Å². The Balaban J connectivity index is 1.56. The molecule has 1 N–H and O–H groups in total. The van der Waals surface area contributed by atoms with Gasteiger partial charge < -0.3 is 9.72 Å². The number of piperidine rings is 1. The molecule has 2 aliphatic rings. The lowest BCUT2D eigenvalue weighted by Gasteiger charge is -2.31. The maximum atomic E-state index is 12.5. The van der Waals surface area contributed by atoms with Crippen LogP contribution in [0.3, 0.4) is 0 Å². The van der Waals surface area contributed by atoms with Crippen LogP contribution in [0, 0.1) is 0 Å². The van der Waals surface area contributed by atoms with Gasteiger partial charge in [0.25, 0.3) is 0 Å². The number of carbonyl (C=O) groups excluding carboxylic acids is 1. The molecule has 2 aromatic rings. The van der Waals surface area contributed by atoms with Gasteiger partial charge in [0.2, 0.25) is 0 Å². The summed E-state index contributed by atoms with van der Waals surface area (Å²) in [5.41, 5.74) is 1.63. The van der Waals surface area contributed by atoms with E-state index in [9.17, 15) is 4.79 Å². The zero-order valence-corrected chi connectivity index (χ0v) is 12.2. The number of nitrogens with zero attached hydrogens (tertiary/aromatic N) is 1. The number of fused-ring (bicyclic) bond motifs is 3. The summed E-state index contributed by atoms with van der Waals surface area (Å²) in [6.07, 6.45) is 6.41. The summed E-state index contributed by atoms with van der Waals surface area (Å²) in [5.74, 6) is -0.196. The van der Waals surface area contributed by atoms with E-state index in [0.29, 0.717) is 17.6 Å². The van der Waals surface area contributed by atoms with Crippen molar-refractivity contribution in [2.75, 3.05) is 7.05 Å². The number of aromatic nitrogens is 1. The molecule has 2 bridgehead atoms. The third-order valence-electron chi connectivity index (χ3n) is 5.14. The molecule has 21 heavy (non-hydrogen) atoms. The van der Waals surface area contributed by atoms with Gasteiger partial charge in [-0.2, -0.15) is 0 Å². The van der Waals surface area contributed by atoms with Crippen molar-refractivity contribution >= 4 is 16.9 Å². The van der Waals surface area contributed by atoms with Gasteiger partial charge in [-0.05, 0) is 26.0 Å². The minimum atomic E-state index is -0.196. The van der Waals surface area contributed by atoms with E-state index in [1.54, 1.807) is 6.20 Å². The monoisotopic (exact) mass is 284 g/mol. The number of benzene rings is 1. The fourth-order valence-electron chi connectivity index (χ4n) is 3.97. The summed E-state index contributed by atoms with van der Waals surface area (Å²) in [6, 6.07) is 8.83. The molecule has 0 saturated carbocycles. The number of rotatable bonds is 2. The third kappa shape index (κ3) is 2.05. The minimum absolute atomic E-state index is 0.0451. The Hall–Kier alpha value is -1.81. The fraction of sp³-hybridized carbons (Fsp3) is 0.471. The van der Waals surface area contributed by atoms with Crippen LogP contribution in [-0.2, 0) is 4.74 Å². The van der Waals surface area contributed by atoms with E-state index in [0.717, 1.165) is 23.7 Å². The Morgan fingerprint density at radius 1 is 1.33 bits per heavy atom. The van der Waals surface area contributed by atoms with Gasteiger partial charge >= 0.3 is 5.97 Å². The normalized spacial score (nSPS) is 28.9. The van der Waals surface area contributed by atoms with E-state index in [1.165, 1.54) is 12.8 Å². The molecule has 4 heteroatoms. The summed E-state index contributed by atoms with van der Waals surface area (Å²) in [6.45, 7) is 0. The SMILES string of the molecule is CN1[C@H]2CCC[C@@H]1[C@H](OC(=O)c1c[nH]c3ccccc13)C2. The number of hydrogen-bond donors (Lipinski definition) is 1. The number of nitrogens with one attached hydrogen (secondary N) is 1. The molecule has 4 rings (SSSR count). The molecule has 1 aromatic heterocycles. The van der Waals surface area contributed by atoms with E-state index in [2.05, 4.69) is 16.9 Å². The van der Waals surface area contributed by atoms with Crippen LogP contribution in [-0.4, -0.2) is 41.1 Å². The zero-order valence-electron chi connectivity index (χ0n) is 12.2. The van der Waals surface area contributed by atoms with E-state index in [-0.39, 0.29) is 12.1 Å². The van der Waals surface area contributed by atoms with Gasteiger partial charge in [-0.15, -0.1) is 0 Å². The van der Waals surface area contributed by atoms with Crippen LogP contribution >= 0.6 is 0 Å². The molecule has 0 spiro atoms. The summed E-state index contributed by atoms with van der Waals surface area (Å²) in [7, 11) is 2.16. The van der Waals surface area contributed by atoms with Crippen LogP contribution in [0.5, 0.6) is 0 Å². The van der Waals surface area contributed by atoms with Crippen LogP contribution in [0.1, 0.15) is 36.0 Å². The van der Waals surface area contributed by atoms with Crippen molar-refractivity contribution in [2.45, 2.75) is 43.9 Å². The number of para-hydroxylation sites is 1. The average Bonchev–Trinajstić information content (AvgIpc) is 2.96. The topological polar surface area (TPSA) is 45.3 Å². The second kappa shape index (κ2) is 4.88. The summed E-state index contributed by atoms with van der Waals surface area (Å²) in [4.78, 5) is 18.0. The minimum Gasteiger partial charge on any atom is -0.457 e. The number of carbonyl (C=O) groups is 1. The predicted molar refractivity (Wildman–Crippen MR) is 81.3 cm³/mol. The first-order chi connectivity index (χ1) is 10.2. The molecule has 2 saturated heterocycles. The Morgan fingerprint density at radius 3 is 3.05 bits per heavy atom. The summed E-state index contributed by atoms with van der Waals surface area (Å²) < 4.78 is 5.85. The zero-order chi connectivity index (χ0) is 14.4. The molecule has 2 aliphatic heterocycles. The molecule has 110 valence electrons. The van der Waals surface area contributed by atoms with Crippen LogP contribution in [0.4, 0.5) is 0 Å². The first-order valence-corrected chi connectivity index (χ1v) is 7.73. The van der Waals surface area contributed by atoms with Crippen molar-refractivity contribution < 1.29 is 9.53 Å². The summed E-state index contributed by atoms with van der Waals surface area (Å²) >= 11 is 0. The van der Waals surface area contributed by atoms with Gasteiger partial charge in [-0.25, -0.2) is 4.79 Å². The molecule has 0 amide bonds. The highest BCUT2D eigenvalue weighted by Crippen LogP contribution is 2.36. The van der Waals surface area contributed by atoms with Crippen LogP contribution in [0.25, 0.3) is 10.9 Å². The second-order valence-electron chi connectivity index (χ2n) is 6.24. The molecule has 0 aliphatic carbocycles. The van der Waals surface area contributed by atoms with Gasteiger partial charge in [0, 0.05) is 35.6 Å². The number of hydrogen-bond acceptors (Lipinski definition) is 3. The van der Waals surface area contributed by atoms with Crippen molar-refractivity contribution in [2.24, 2.45) is 0 Å². The third-order valence-corrected chi connectivity index (χ3v) is 5.14. The molecule has 0 radical (unpaired) electrons. The number of ether oxygens (including phenoxy) is 1. The molecule has 0 unspecified atom stereocenters. The first-order valence-electron chi connectivity index (χ1n) is 7.73. The lowest BCUT2D eigenvalue weighted by Crippen LogP contribution is -2.39.